The van der Waals surface area contributed by atoms with Gasteiger partial charge in [-0.2, -0.15) is 4.98 Å². The fourth-order valence-electron chi connectivity index (χ4n) is 1.55. The van der Waals surface area contributed by atoms with Gasteiger partial charge >= 0.3 is 5.69 Å². The van der Waals surface area contributed by atoms with Crippen LogP contribution in [-0.2, 0) is 0 Å². The Hall–Kier alpha value is -1.81. The Balaban J connectivity index is 2.51. The van der Waals surface area contributed by atoms with Gasteiger partial charge in [-0.1, -0.05) is 29.8 Å². The van der Waals surface area contributed by atoms with E-state index in [-0.39, 0.29) is 0 Å². The second-order valence-corrected chi connectivity index (χ2v) is 4.08. The molecule has 0 aliphatic heterocycles. The molecule has 1 aromatic carbocycles. The zero-order chi connectivity index (χ0) is 12.4. The highest BCUT2D eigenvalue weighted by molar-refractivity contribution is 6.33. The largest absolute Gasteiger partial charge is 0.347 e. The molecule has 0 radical (unpaired) electrons. The lowest BCUT2D eigenvalue weighted by molar-refractivity contribution is 0.993. The Morgan fingerprint density at radius 3 is 2.59 bits per heavy atom. The van der Waals surface area contributed by atoms with Crippen LogP contribution >= 0.6 is 11.6 Å². The van der Waals surface area contributed by atoms with Gasteiger partial charge in [0.05, 0.1) is 0 Å². The summed E-state index contributed by atoms with van der Waals surface area (Å²) in [7, 11) is 1.82. The van der Waals surface area contributed by atoms with Gasteiger partial charge in [0.2, 0.25) is 0 Å². The molecule has 0 aliphatic rings. The van der Waals surface area contributed by atoms with Gasteiger partial charge in [0, 0.05) is 18.4 Å². The Bertz CT molecular complexity index is 580. The zero-order valence-corrected chi connectivity index (χ0v) is 10.3. The number of hydrogen-bond acceptors (Lipinski definition) is 3. The van der Waals surface area contributed by atoms with Crippen molar-refractivity contribution in [2.45, 2.75) is 6.92 Å². The highest BCUT2D eigenvalue weighted by Crippen LogP contribution is 2.28. The van der Waals surface area contributed by atoms with Crippen molar-refractivity contribution in [3.8, 4) is 0 Å². The van der Waals surface area contributed by atoms with Crippen LogP contribution < -0.4 is 10.6 Å². The normalized spacial score (nSPS) is 10.3. The van der Waals surface area contributed by atoms with Gasteiger partial charge in [-0.3, -0.25) is 0 Å². The van der Waals surface area contributed by atoms with E-state index in [9.17, 15) is 4.79 Å². The quantitative estimate of drug-likeness (QED) is 0.890. The molecule has 1 aromatic heterocycles. The Labute approximate surface area is 104 Å². The van der Waals surface area contributed by atoms with Crippen LogP contribution in [0.2, 0.25) is 5.02 Å². The smallest absolute Gasteiger partial charge is 0.328 e. The summed E-state index contributed by atoms with van der Waals surface area (Å²) in [5.74, 6) is 0.458. The van der Waals surface area contributed by atoms with Gasteiger partial charge in [-0.15, -0.1) is 0 Å². The molecule has 0 fully saturated rings. The third-order valence-electron chi connectivity index (χ3n) is 2.49. The van der Waals surface area contributed by atoms with Crippen LogP contribution in [0.4, 0.5) is 11.5 Å². The third kappa shape index (κ3) is 2.31. The Morgan fingerprint density at radius 1 is 1.29 bits per heavy atom. The number of rotatable bonds is 2. The molecule has 0 saturated heterocycles. The highest BCUT2D eigenvalue weighted by atomic mass is 35.5. The molecule has 2 rings (SSSR count). The Morgan fingerprint density at radius 2 is 1.94 bits per heavy atom. The standard InChI is InChI=1S/C12H12ClN3O/c1-8-10(13)11(15-12(17)14-8)16(2)9-6-4-3-5-7-9/h3-7H,1-2H3,(H,14,15,17). The van der Waals surface area contributed by atoms with Gasteiger partial charge in [-0.25, -0.2) is 4.79 Å². The molecule has 1 heterocycles. The van der Waals surface area contributed by atoms with E-state index in [0.29, 0.717) is 16.5 Å². The molecular weight excluding hydrogens is 238 g/mol. The summed E-state index contributed by atoms with van der Waals surface area (Å²) >= 11 is 6.14. The van der Waals surface area contributed by atoms with Crippen LogP contribution in [0.1, 0.15) is 5.69 Å². The van der Waals surface area contributed by atoms with Crippen molar-refractivity contribution in [1.29, 1.82) is 0 Å². The van der Waals surface area contributed by atoms with Gasteiger partial charge in [0.1, 0.15) is 5.02 Å². The number of aromatic nitrogens is 2. The maximum atomic E-state index is 11.3. The first-order chi connectivity index (χ1) is 8.09. The predicted octanol–water partition coefficient (Wildman–Crippen LogP) is 2.50. The molecule has 4 nitrogen and oxygen atoms in total. The summed E-state index contributed by atoms with van der Waals surface area (Å²) in [5.41, 5.74) is 1.14. The summed E-state index contributed by atoms with van der Waals surface area (Å²) in [6, 6.07) is 9.61. The van der Waals surface area contributed by atoms with Gasteiger partial charge in [-0.05, 0) is 19.1 Å². The van der Waals surface area contributed by atoms with E-state index in [1.165, 1.54) is 0 Å². The van der Waals surface area contributed by atoms with Crippen molar-refractivity contribution in [2.75, 3.05) is 11.9 Å². The Kier molecular flexibility index (Phi) is 3.15. The number of aryl methyl sites for hydroxylation is 1. The first-order valence-electron chi connectivity index (χ1n) is 5.15. The maximum absolute atomic E-state index is 11.3. The van der Waals surface area contributed by atoms with Crippen molar-refractivity contribution >= 4 is 23.1 Å². The molecule has 0 unspecified atom stereocenters. The number of halogens is 1. The molecule has 88 valence electrons. The number of nitrogens with zero attached hydrogens (tertiary/aromatic N) is 2. The lowest BCUT2D eigenvalue weighted by atomic mass is 10.3. The monoisotopic (exact) mass is 249 g/mol. The number of nitrogens with one attached hydrogen (secondary N) is 1. The SMILES string of the molecule is Cc1[nH]c(=O)nc(N(C)c2ccccc2)c1Cl. The van der Waals surface area contributed by atoms with Crippen molar-refractivity contribution in [2.24, 2.45) is 0 Å². The third-order valence-corrected chi connectivity index (χ3v) is 2.94. The van der Waals surface area contributed by atoms with Crippen LogP contribution in [0.3, 0.4) is 0 Å². The minimum atomic E-state index is -0.398. The molecule has 0 spiro atoms. The van der Waals surface area contributed by atoms with Crippen LogP contribution in [0.5, 0.6) is 0 Å². The molecule has 2 aromatic rings. The molecule has 0 amide bonds. The molecular formula is C12H12ClN3O. The van der Waals surface area contributed by atoms with E-state index >= 15 is 0 Å². The van der Waals surface area contributed by atoms with E-state index < -0.39 is 5.69 Å². The van der Waals surface area contributed by atoms with Crippen LogP contribution in [0.25, 0.3) is 0 Å². The number of H-pyrrole nitrogens is 1. The molecule has 1 N–H and O–H groups in total. The molecule has 5 heteroatoms. The van der Waals surface area contributed by atoms with Crippen molar-refractivity contribution < 1.29 is 0 Å². The summed E-state index contributed by atoms with van der Waals surface area (Å²) in [6.45, 7) is 1.74. The number of aromatic amines is 1. The number of hydrogen-bond donors (Lipinski definition) is 1. The van der Waals surface area contributed by atoms with Gasteiger partial charge in [0.15, 0.2) is 5.82 Å². The van der Waals surface area contributed by atoms with E-state index in [1.54, 1.807) is 11.8 Å². The first-order valence-corrected chi connectivity index (χ1v) is 5.52. The summed E-state index contributed by atoms with van der Waals surface area (Å²) in [4.78, 5) is 19.6. The van der Waals surface area contributed by atoms with Crippen molar-refractivity contribution in [3.05, 3.63) is 51.5 Å². The second-order valence-electron chi connectivity index (χ2n) is 3.70. The maximum Gasteiger partial charge on any atom is 0.347 e. The highest BCUT2D eigenvalue weighted by Gasteiger charge is 2.12. The average Bonchev–Trinajstić information content (AvgIpc) is 2.34. The van der Waals surface area contributed by atoms with Crippen LogP contribution in [0.15, 0.2) is 35.1 Å². The first kappa shape index (κ1) is 11.7. The van der Waals surface area contributed by atoms with Crippen LogP contribution in [0, 0.1) is 6.92 Å². The number of benzene rings is 1. The predicted molar refractivity (Wildman–Crippen MR) is 69.1 cm³/mol. The van der Waals surface area contributed by atoms with E-state index in [4.69, 9.17) is 11.6 Å². The molecule has 0 bridgehead atoms. The minimum absolute atomic E-state index is 0.398. The van der Waals surface area contributed by atoms with E-state index in [0.717, 1.165) is 5.69 Å². The summed E-state index contributed by atoms with van der Waals surface area (Å²) in [5, 5.41) is 0.455. The number of para-hydroxylation sites is 1. The van der Waals surface area contributed by atoms with E-state index in [1.807, 2.05) is 37.4 Å². The average molecular weight is 250 g/mol. The van der Waals surface area contributed by atoms with E-state index in [2.05, 4.69) is 9.97 Å². The molecule has 0 aliphatic carbocycles. The topological polar surface area (TPSA) is 49.0 Å². The fraction of sp³-hybridized carbons (Fsp3) is 0.167. The van der Waals surface area contributed by atoms with Crippen LogP contribution in [-0.4, -0.2) is 17.0 Å². The van der Waals surface area contributed by atoms with Crippen molar-refractivity contribution in [3.63, 3.8) is 0 Å². The minimum Gasteiger partial charge on any atom is -0.328 e. The van der Waals surface area contributed by atoms with Gasteiger partial charge < -0.3 is 9.88 Å². The molecule has 0 atom stereocenters. The summed E-state index contributed by atoms with van der Waals surface area (Å²) in [6.07, 6.45) is 0. The zero-order valence-electron chi connectivity index (χ0n) is 9.57. The number of anilines is 2. The fourth-order valence-corrected chi connectivity index (χ4v) is 1.77. The summed E-state index contributed by atoms with van der Waals surface area (Å²) < 4.78 is 0. The lowest BCUT2D eigenvalue weighted by Gasteiger charge is -2.19. The lowest BCUT2D eigenvalue weighted by Crippen LogP contribution is -2.20. The second kappa shape index (κ2) is 4.59. The molecule has 0 saturated carbocycles. The van der Waals surface area contributed by atoms with Crippen molar-refractivity contribution in [1.82, 2.24) is 9.97 Å². The van der Waals surface area contributed by atoms with Gasteiger partial charge in [0.25, 0.3) is 0 Å². The molecule has 17 heavy (non-hydrogen) atoms.